The number of aromatic amines is 1. The third-order valence-electron chi connectivity index (χ3n) is 7.26. The number of carbonyl (C=O) groups is 2. The minimum absolute atomic E-state index is 0.0307. The van der Waals surface area contributed by atoms with Gasteiger partial charge in [0.1, 0.15) is 17.4 Å². The van der Waals surface area contributed by atoms with Crippen LogP contribution in [0.3, 0.4) is 0 Å². The van der Waals surface area contributed by atoms with E-state index in [0.717, 1.165) is 29.4 Å². The Morgan fingerprint density at radius 1 is 1.05 bits per heavy atom. The highest BCUT2D eigenvalue weighted by atomic mass is 16.5. The summed E-state index contributed by atoms with van der Waals surface area (Å²) in [6.07, 6.45) is 5.39. The smallest absolute Gasteiger partial charge is 0.317 e. The number of aromatic hydroxyl groups is 1. The molecule has 194 valence electrons. The minimum atomic E-state index is -0.663. The Bertz CT molecular complexity index is 1440. The van der Waals surface area contributed by atoms with Crippen LogP contribution in [0.5, 0.6) is 23.0 Å². The Morgan fingerprint density at radius 2 is 1.81 bits per heavy atom. The average Bonchev–Trinajstić information content (AvgIpc) is 3.62. The number of aromatic nitrogens is 1. The highest BCUT2D eigenvalue weighted by molar-refractivity contribution is 6.10. The summed E-state index contributed by atoms with van der Waals surface area (Å²) in [6, 6.07) is 5.15. The number of anilines is 1. The molecule has 3 aromatic rings. The number of amides is 1. The Morgan fingerprint density at radius 3 is 2.46 bits per heavy atom. The van der Waals surface area contributed by atoms with E-state index >= 15 is 0 Å². The van der Waals surface area contributed by atoms with Crippen LogP contribution in [0.4, 0.5) is 5.69 Å². The summed E-state index contributed by atoms with van der Waals surface area (Å²) < 4.78 is 21.5. The first-order chi connectivity index (χ1) is 17.9. The van der Waals surface area contributed by atoms with Gasteiger partial charge in [-0.3, -0.25) is 9.59 Å². The molecule has 0 fully saturated rings. The fourth-order valence-corrected chi connectivity index (χ4v) is 5.67. The number of hydrogen-bond acceptors (Lipinski definition) is 7. The predicted octanol–water partition coefficient (Wildman–Crippen LogP) is 4.73. The second-order valence-electron chi connectivity index (χ2n) is 9.21. The van der Waals surface area contributed by atoms with Crippen molar-refractivity contribution < 1.29 is 33.6 Å². The molecule has 1 aliphatic heterocycles. The number of phenolic OH excluding ortho intramolecular Hbond substituents is 1. The van der Waals surface area contributed by atoms with Crippen molar-refractivity contribution in [3.05, 3.63) is 46.7 Å². The number of rotatable bonds is 7. The van der Waals surface area contributed by atoms with Crippen LogP contribution in [0.25, 0.3) is 17.0 Å². The number of H-pyrrole nitrogens is 1. The average molecular weight is 507 g/mol. The standard InChI is InChI=1S/C28H30N2O7/c1-6-7-14-13-30(19-12-20(31)23-16(22(14)19)8-9-17(23)28(33)37-5)27(32)18-10-15-11-21(34-2)25(35-3)26(36-4)24(15)29-18/h8-12,14,17,29,31H,6-7,13H2,1-5H3/t14-,17?/m1/s1. The maximum Gasteiger partial charge on any atom is 0.317 e. The van der Waals surface area contributed by atoms with Gasteiger partial charge in [-0.25, -0.2) is 0 Å². The van der Waals surface area contributed by atoms with Gasteiger partial charge in [0.15, 0.2) is 11.5 Å². The molecule has 2 N–H and O–H groups in total. The van der Waals surface area contributed by atoms with Gasteiger partial charge in [0.25, 0.3) is 5.91 Å². The van der Waals surface area contributed by atoms with Crippen molar-refractivity contribution in [2.24, 2.45) is 0 Å². The zero-order valence-corrected chi connectivity index (χ0v) is 21.5. The van der Waals surface area contributed by atoms with Crippen molar-refractivity contribution in [3.63, 3.8) is 0 Å². The molecule has 0 spiro atoms. The Kier molecular flexibility index (Phi) is 6.23. The van der Waals surface area contributed by atoms with E-state index in [2.05, 4.69) is 11.9 Å². The van der Waals surface area contributed by atoms with E-state index in [1.807, 2.05) is 6.08 Å². The van der Waals surface area contributed by atoms with Crippen LogP contribution in [-0.2, 0) is 9.53 Å². The molecule has 1 aliphatic carbocycles. The van der Waals surface area contributed by atoms with Crippen molar-refractivity contribution >= 4 is 34.5 Å². The monoisotopic (exact) mass is 506 g/mol. The highest BCUT2D eigenvalue weighted by Crippen LogP contribution is 2.51. The molecule has 2 aromatic carbocycles. The number of esters is 1. The predicted molar refractivity (Wildman–Crippen MR) is 139 cm³/mol. The second kappa shape index (κ2) is 9.38. The van der Waals surface area contributed by atoms with Gasteiger partial charge in [-0.1, -0.05) is 25.5 Å². The number of nitrogens with one attached hydrogen (secondary N) is 1. The van der Waals surface area contributed by atoms with E-state index in [1.165, 1.54) is 21.3 Å². The number of ether oxygens (including phenoxy) is 4. The first kappa shape index (κ1) is 24.5. The van der Waals surface area contributed by atoms with Gasteiger partial charge in [-0.2, -0.15) is 0 Å². The van der Waals surface area contributed by atoms with Gasteiger partial charge < -0.3 is 33.9 Å². The van der Waals surface area contributed by atoms with E-state index in [4.69, 9.17) is 18.9 Å². The Hall–Kier alpha value is -4.14. The van der Waals surface area contributed by atoms with Crippen LogP contribution in [-0.4, -0.2) is 57.0 Å². The number of nitrogens with zero attached hydrogens (tertiary/aromatic N) is 1. The van der Waals surface area contributed by atoms with E-state index in [1.54, 1.807) is 36.3 Å². The molecule has 0 saturated heterocycles. The molecule has 1 aromatic heterocycles. The summed E-state index contributed by atoms with van der Waals surface area (Å²) in [6.45, 7) is 2.57. The number of hydrogen-bond donors (Lipinski definition) is 2. The maximum absolute atomic E-state index is 13.9. The SMILES string of the molecule is CCC[C@@H]1CN(C(=O)c2cc3cc(OC)c(OC)c(OC)c3[nH]2)c2cc(O)c3c(c21)C=CC3C(=O)OC. The zero-order chi connectivity index (χ0) is 26.4. The van der Waals surface area contributed by atoms with Crippen LogP contribution in [0.1, 0.15) is 58.8 Å². The topological polar surface area (TPSA) is 110 Å². The molecule has 37 heavy (non-hydrogen) atoms. The molecular weight excluding hydrogens is 476 g/mol. The third-order valence-corrected chi connectivity index (χ3v) is 7.26. The molecule has 0 radical (unpaired) electrons. The summed E-state index contributed by atoms with van der Waals surface area (Å²) in [5.74, 6) is 0.0740. The second-order valence-corrected chi connectivity index (χ2v) is 9.21. The summed E-state index contributed by atoms with van der Waals surface area (Å²) in [5.41, 5.74) is 3.95. The lowest BCUT2D eigenvalue weighted by Crippen LogP contribution is -2.30. The first-order valence-corrected chi connectivity index (χ1v) is 12.2. The van der Waals surface area contributed by atoms with Gasteiger partial charge >= 0.3 is 5.97 Å². The summed E-state index contributed by atoms with van der Waals surface area (Å²) in [7, 11) is 5.93. The molecule has 0 saturated carbocycles. The van der Waals surface area contributed by atoms with E-state index in [9.17, 15) is 14.7 Å². The van der Waals surface area contributed by atoms with Gasteiger partial charge in [0, 0.05) is 29.5 Å². The molecule has 9 nitrogen and oxygen atoms in total. The quantitative estimate of drug-likeness (QED) is 0.446. The van der Waals surface area contributed by atoms with Gasteiger partial charge in [0.2, 0.25) is 5.75 Å². The normalized spacial score (nSPS) is 17.6. The number of methoxy groups -OCH3 is 4. The van der Waals surface area contributed by atoms with Crippen molar-refractivity contribution in [1.29, 1.82) is 0 Å². The van der Waals surface area contributed by atoms with Crippen LogP contribution in [0, 0.1) is 0 Å². The molecule has 9 heteroatoms. The minimum Gasteiger partial charge on any atom is -0.508 e. The third kappa shape index (κ3) is 3.68. The number of carbonyl (C=O) groups excluding carboxylic acids is 2. The number of benzene rings is 2. The molecule has 2 atom stereocenters. The molecular formula is C28H30N2O7. The summed E-state index contributed by atoms with van der Waals surface area (Å²) in [4.78, 5) is 31.1. The fraction of sp³-hybridized carbons (Fsp3) is 0.357. The maximum atomic E-state index is 13.9. The lowest BCUT2D eigenvalue weighted by atomic mass is 9.88. The largest absolute Gasteiger partial charge is 0.508 e. The molecule has 2 heterocycles. The van der Waals surface area contributed by atoms with Crippen molar-refractivity contribution in [2.45, 2.75) is 31.6 Å². The van der Waals surface area contributed by atoms with Crippen molar-refractivity contribution in [1.82, 2.24) is 4.98 Å². The van der Waals surface area contributed by atoms with Crippen molar-refractivity contribution in [3.8, 4) is 23.0 Å². The Labute approximate surface area is 214 Å². The molecule has 1 amide bonds. The molecule has 2 aliphatic rings. The van der Waals surface area contributed by atoms with Crippen LogP contribution in [0.15, 0.2) is 24.3 Å². The summed E-state index contributed by atoms with van der Waals surface area (Å²) >= 11 is 0. The van der Waals surface area contributed by atoms with Gasteiger partial charge in [0.05, 0.1) is 39.6 Å². The van der Waals surface area contributed by atoms with Crippen LogP contribution >= 0.6 is 0 Å². The van der Waals surface area contributed by atoms with Crippen LogP contribution in [0.2, 0.25) is 0 Å². The van der Waals surface area contributed by atoms with Gasteiger partial charge in [-0.15, -0.1) is 0 Å². The highest BCUT2D eigenvalue weighted by Gasteiger charge is 2.40. The zero-order valence-electron chi connectivity index (χ0n) is 21.5. The Balaban J connectivity index is 1.61. The molecule has 1 unspecified atom stereocenters. The van der Waals surface area contributed by atoms with E-state index in [0.29, 0.717) is 46.3 Å². The van der Waals surface area contributed by atoms with Gasteiger partial charge in [-0.05, 0) is 29.7 Å². The number of phenols is 1. The van der Waals surface area contributed by atoms with E-state index < -0.39 is 11.9 Å². The first-order valence-electron chi connectivity index (χ1n) is 12.2. The van der Waals surface area contributed by atoms with Crippen molar-refractivity contribution in [2.75, 3.05) is 39.9 Å². The molecule has 0 bridgehead atoms. The van der Waals surface area contributed by atoms with Crippen LogP contribution < -0.4 is 19.1 Å². The lowest BCUT2D eigenvalue weighted by Gasteiger charge is -2.19. The number of fused-ring (bicyclic) bond motifs is 4. The lowest BCUT2D eigenvalue weighted by molar-refractivity contribution is -0.141. The molecule has 5 rings (SSSR count). The summed E-state index contributed by atoms with van der Waals surface area (Å²) in [5, 5.41) is 11.7. The fourth-order valence-electron chi connectivity index (χ4n) is 5.67. The van der Waals surface area contributed by atoms with E-state index in [-0.39, 0.29) is 17.6 Å².